The van der Waals surface area contributed by atoms with Gasteiger partial charge in [-0.05, 0) is 31.4 Å². The first-order valence-corrected chi connectivity index (χ1v) is 6.99. The molecule has 3 nitrogen and oxygen atoms in total. The summed E-state index contributed by atoms with van der Waals surface area (Å²) in [4.78, 5) is 16.7. The van der Waals surface area contributed by atoms with Crippen molar-refractivity contribution in [1.29, 1.82) is 0 Å². The quantitative estimate of drug-likeness (QED) is 0.769. The second-order valence-corrected chi connectivity index (χ2v) is 5.91. The number of nitrogens with zero attached hydrogens (tertiary/aromatic N) is 1. The van der Waals surface area contributed by atoms with E-state index in [2.05, 4.69) is 34.6 Å². The molecule has 1 rings (SSSR count). The lowest BCUT2D eigenvalue weighted by Crippen LogP contribution is -2.21. The van der Waals surface area contributed by atoms with E-state index >= 15 is 0 Å². The van der Waals surface area contributed by atoms with Gasteiger partial charge in [-0.2, -0.15) is 0 Å². The third kappa shape index (κ3) is 3.79. The van der Waals surface area contributed by atoms with Gasteiger partial charge < -0.3 is 4.74 Å². The molecule has 1 heterocycles. The van der Waals surface area contributed by atoms with Crippen LogP contribution in [0, 0.1) is 0 Å². The van der Waals surface area contributed by atoms with Gasteiger partial charge in [-0.25, -0.2) is 4.79 Å². The van der Waals surface area contributed by atoms with E-state index in [-0.39, 0.29) is 11.4 Å². The van der Waals surface area contributed by atoms with Crippen molar-refractivity contribution in [3.05, 3.63) is 29.1 Å². The Morgan fingerprint density at radius 3 is 2.42 bits per heavy atom. The highest BCUT2D eigenvalue weighted by Gasteiger charge is 2.25. The average molecular weight is 263 g/mol. The molecule has 3 heteroatoms. The Balaban J connectivity index is 3.29. The summed E-state index contributed by atoms with van der Waals surface area (Å²) in [5, 5.41) is 0. The molecule has 0 radical (unpaired) electrons. The van der Waals surface area contributed by atoms with E-state index < -0.39 is 0 Å². The van der Waals surface area contributed by atoms with Gasteiger partial charge in [-0.1, -0.05) is 34.6 Å². The minimum atomic E-state index is -0.282. The fourth-order valence-electron chi connectivity index (χ4n) is 1.90. The molecule has 0 N–H and O–H groups in total. The summed E-state index contributed by atoms with van der Waals surface area (Å²) in [6, 6.07) is 3.79. The second-order valence-electron chi connectivity index (χ2n) is 5.91. The van der Waals surface area contributed by atoms with Crippen LogP contribution >= 0.6 is 0 Å². The van der Waals surface area contributed by atoms with Crippen LogP contribution in [-0.2, 0) is 10.2 Å². The average Bonchev–Trinajstić information content (AvgIpc) is 2.36. The first-order chi connectivity index (χ1) is 8.81. The summed E-state index contributed by atoms with van der Waals surface area (Å²) in [5.74, 6) is 0.118. The molecule has 0 fully saturated rings. The van der Waals surface area contributed by atoms with E-state index in [9.17, 15) is 4.79 Å². The molecule has 0 amide bonds. The molecule has 0 saturated carbocycles. The third-order valence-electron chi connectivity index (χ3n) is 3.24. The van der Waals surface area contributed by atoms with Crippen molar-refractivity contribution >= 4 is 5.97 Å². The molecule has 0 aliphatic rings. The van der Waals surface area contributed by atoms with Crippen molar-refractivity contribution in [3.63, 3.8) is 0 Å². The molecule has 0 saturated heterocycles. The summed E-state index contributed by atoms with van der Waals surface area (Å²) in [5.41, 5.74) is 2.27. The predicted molar refractivity (Wildman–Crippen MR) is 77.6 cm³/mol. The van der Waals surface area contributed by atoms with Crippen molar-refractivity contribution < 1.29 is 9.53 Å². The number of esters is 1. The van der Waals surface area contributed by atoms with E-state index in [1.54, 1.807) is 0 Å². The first-order valence-electron chi connectivity index (χ1n) is 6.99. The largest absolute Gasteiger partial charge is 0.462 e. The van der Waals surface area contributed by atoms with Gasteiger partial charge in [-0.15, -0.1) is 0 Å². The van der Waals surface area contributed by atoms with Crippen LogP contribution in [0.5, 0.6) is 0 Å². The Morgan fingerprint density at radius 1 is 1.32 bits per heavy atom. The maximum absolute atomic E-state index is 12.0. The highest BCUT2D eigenvalue weighted by Crippen LogP contribution is 2.27. The Morgan fingerprint density at radius 2 is 1.95 bits per heavy atom. The maximum Gasteiger partial charge on any atom is 0.339 e. The second kappa shape index (κ2) is 6.18. The molecule has 0 aliphatic carbocycles. The van der Waals surface area contributed by atoms with Crippen LogP contribution < -0.4 is 0 Å². The summed E-state index contributed by atoms with van der Waals surface area (Å²) in [6.07, 6.45) is 1.04. The van der Waals surface area contributed by atoms with Gasteiger partial charge in [0.15, 0.2) is 0 Å². The van der Waals surface area contributed by atoms with Crippen LogP contribution in [0.3, 0.4) is 0 Å². The Hall–Kier alpha value is -1.38. The van der Waals surface area contributed by atoms with Gasteiger partial charge in [0.05, 0.1) is 17.9 Å². The molecule has 1 atom stereocenters. The van der Waals surface area contributed by atoms with Crippen molar-refractivity contribution in [3.8, 4) is 0 Å². The number of rotatable bonds is 4. The fraction of sp³-hybridized carbons (Fsp3) is 0.625. The van der Waals surface area contributed by atoms with E-state index in [1.807, 2.05) is 19.1 Å². The molecule has 1 aromatic rings. The number of hydrogen-bond donors (Lipinski definition) is 0. The van der Waals surface area contributed by atoms with E-state index in [0.717, 1.165) is 17.8 Å². The highest BCUT2D eigenvalue weighted by molar-refractivity contribution is 5.91. The lowest BCUT2D eigenvalue weighted by atomic mass is 9.87. The standard InChI is InChI=1S/C16H25NO2/c1-7-11(3)13-10-9-12(15(18)19-8-2)14(17-13)16(4,5)6/h9-11H,7-8H2,1-6H3. The Bertz CT molecular complexity index is 447. The van der Waals surface area contributed by atoms with Crippen LogP contribution in [0.1, 0.15) is 75.6 Å². The molecular formula is C16H25NO2. The van der Waals surface area contributed by atoms with Gasteiger partial charge in [0.1, 0.15) is 0 Å². The molecule has 1 aromatic heterocycles. The van der Waals surface area contributed by atoms with Crippen molar-refractivity contribution in [2.24, 2.45) is 0 Å². The zero-order valence-corrected chi connectivity index (χ0v) is 12.9. The molecule has 0 spiro atoms. The monoisotopic (exact) mass is 263 g/mol. The van der Waals surface area contributed by atoms with Crippen LogP contribution in [0.4, 0.5) is 0 Å². The number of hydrogen-bond acceptors (Lipinski definition) is 3. The van der Waals surface area contributed by atoms with Crippen molar-refractivity contribution in [2.45, 2.75) is 59.3 Å². The highest BCUT2D eigenvalue weighted by atomic mass is 16.5. The SMILES string of the molecule is CCOC(=O)c1ccc(C(C)CC)nc1C(C)(C)C. The van der Waals surface area contributed by atoms with Crippen LogP contribution in [0.2, 0.25) is 0 Å². The molecule has 0 aliphatic heterocycles. The third-order valence-corrected chi connectivity index (χ3v) is 3.24. The zero-order chi connectivity index (χ0) is 14.6. The number of pyridine rings is 1. The molecule has 1 unspecified atom stereocenters. The molecule has 106 valence electrons. The van der Waals surface area contributed by atoms with Crippen LogP contribution in [0.25, 0.3) is 0 Å². The number of aromatic nitrogens is 1. The predicted octanol–water partition coefficient (Wildman–Crippen LogP) is 4.07. The number of ether oxygens (including phenoxy) is 1. The van der Waals surface area contributed by atoms with Gasteiger partial charge in [-0.3, -0.25) is 4.98 Å². The lowest BCUT2D eigenvalue weighted by molar-refractivity contribution is 0.0522. The van der Waals surface area contributed by atoms with Crippen molar-refractivity contribution in [1.82, 2.24) is 4.98 Å². The molecule has 0 aromatic carbocycles. The maximum atomic E-state index is 12.0. The van der Waals surface area contributed by atoms with Crippen LogP contribution in [0.15, 0.2) is 12.1 Å². The minimum Gasteiger partial charge on any atom is -0.462 e. The summed E-state index contributed by atoms with van der Waals surface area (Å²) in [6.45, 7) is 12.7. The summed E-state index contributed by atoms with van der Waals surface area (Å²) < 4.78 is 5.11. The number of carbonyl (C=O) groups excluding carboxylic acids is 1. The van der Waals surface area contributed by atoms with Crippen molar-refractivity contribution in [2.75, 3.05) is 6.61 Å². The topological polar surface area (TPSA) is 39.2 Å². The van der Waals surface area contributed by atoms with E-state index in [4.69, 9.17) is 9.72 Å². The minimum absolute atomic E-state index is 0.175. The zero-order valence-electron chi connectivity index (χ0n) is 12.9. The Labute approximate surface area is 116 Å². The van der Waals surface area contributed by atoms with Gasteiger partial charge in [0.25, 0.3) is 0 Å². The van der Waals surface area contributed by atoms with Gasteiger partial charge >= 0.3 is 5.97 Å². The molecule has 0 bridgehead atoms. The first kappa shape index (κ1) is 15.7. The van der Waals surface area contributed by atoms with Crippen LogP contribution in [-0.4, -0.2) is 17.6 Å². The number of carbonyl (C=O) groups is 1. The molecule has 19 heavy (non-hydrogen) atoms. The van der Waals surface area contributed by atoms with E-state index in [1.165, 1.54) is 0 Å². The lowest BCUT2D eigenvalue weighted by Gasteiger charge is -2.22. The normalized spacial score (nSPS) is 13.2. The smallest absolute Gasteiger partial charge is 0.339 e. The van der Waals surface area contributed by atoms with E-state index in [0.29, 0.717) is 18.1 Å². The molecular weight excluding hydrogens is 238 g/mol. The summed E-state index contributed by atoms with van der Waals surface area (Å²) in [7, 11) is 0. The Kier molecular flexibility index (Phi) is 5.10. The fourth-order valence-corrected chi connectivity index (χ4v) is 1.90. The summed E-state index contributed by atoms with van der Waals surface area (Å²) >= 11 is 0. The van der Waals surface area contributed by atoms with Gasteiger partial charge in [0, 0.05) is 11.1 Å². The van der Waals surface area contributed by atoms with Gasteiger partial charge in [0.2, 0.25) is 0 Å².